The summed E-state index contributed by atoms with van der Waals surface area (Å²) in [5.41, 5.74) is -1.53. The number of aliphatic hydroxyl groups excluding tert-OH is 6. The third kappa shape index (κ3) is 23.7. The summed E-state index contributed by atoms with van der Waals surface area (Å²) in [6.07, 6.45) is 32.5. The molecule has 13 N–H and O–H groups in total. The molecular formula is C72H115ClIN10O19P5. The number of nitrogens with zero attached hydrogens (tertiary/aromatic N) is 5. The molecule has 6 fully saturated rings. The Morgan fingerprint density at radius 1 is 0.463 bits per heavy atom. The molecule has 11 aliphatic heterocycles. The van der Waals surface area contributed by atoms with Crippen LogP contribution in [0.4, 0.5) is 0 Å². The van der Waals surface area contributed by atoms with Crippen LogP contribution >= 0.6 is 68.6 Å². The molecule has 0 spiro atoms. The zero-order valence-corrected chi connectivity index (χ0v) is 71.1. The van der Waals surface area contributed by atoms with Crippen LogP contribution in [0.2, 0.25) is 0 Å². The minimum atomic E-state index is -2.47. The van der Waals surface area contributed by atoms with Gasteiger partial charge in [-0.25, -0.2) is 0 Å². The van der Waals surface area contributed by atoms with Crippen LogP contribution in [0.15, 0.2) is 123 Å². The number of amides is 5. The summed E-state index contributed by atoms with van der Waals surface area (Å²) in [5, 5.41) is 94.8. The summed E-state index contributed by atoms with van der Waals surface area (Å²) in [6, 6.07) is 0. The Kier molecular flexibility index (Phi) is 30.3. The Labute approximate surface area is 654 Å². The van der Waals surface area contributed by atoms with Gasteiger partial charge in [-0.2, -0.15) is 0 Å². The number of hydrogen-bond donors (Lipinski definition) is 13. The number of nitrogens with one attached hydrogen (secondary N) is 5. The number of aliphatic hydroxyl groups is 8. The molecule has 0 aromatic rings. The first-order valence-electron chi connectivity index (χ1n) is 35.1. The lowest BCUT2D eigenvalue weighted by Crippen LogP contribution is -2.55. The van der Waals surface area contributed by atoms with E-state index in [9.17, 15) is 64.8 Å². The molecule has 11 heterocycles. The van der Waals surface area contributed by atoms with Gasteiger partial charge in [-0.05, 0) is 136 Å². The number of ether oxygens (including phenoxy) is 6. The van der Waals surface area contributed by atoms with Gasteiger partial charge in [-0.3, -0.25) is 24.0 Å². The van der Waals surface area contributed by atoms with Crippen LogP contribution in [0.5, 0.6) is 0 Å². The van der Waals surface area contributed by atoms with E-state index in [1.165, 1.54) is 52.6 Å². The molecule has 5 amide bonds. The summed E-state index contributed by atoms with van der Waals surface area (Å²) in [6.45, 7) is 36.3. The predicted molar refractivity (Wildman–Crippen MR) is 445 cm³/mol. The van der Waals surface area contributed by atoms with E-state index < -0.39 is 131 Å². The second-order valence-electron chi connectivity index (χ2n) is 32.3. The van der Waals surface area contributed by atoms with Gasteiger partial charge in [-0.1, -0.05) is 55.5 Å². The maximum atomic E-state index is 11.3. The maximum Gasteiger partial charge on any atom is 0.250 e. The van der Waals surface area contributed by atoms with Gasteiger partial charge in [0, 0.05) is 61.4 Å². The molecule has 5 unspecified atom stereocenters. The molecule has 36 heteroatoms. The lowest BCUT2D eigenvalue weighted by molar-refractivity contribution is -0.251. The third-order valence-corrected chi connectivity index (χ3v) is 28.4. The first-order valence-corrected chi connectivity index (χ1v) is 52.0. The van der Waals surface area contributed by atoms with E-state index >= 15 is 0 Å². The van der Waals surface area contributed by atoms with E-state index in [0.717, 1.165) is 50.1 Å². The van der Waals surface area contributed by atoms with Gasteiger partial charge in [0.1, 0.15) is 82.9 Å². The highest BCUT2D eigenvalue weighted by atomic mass is 127. The number of rotatable bonds is 20. The standard InChI is InChI=1S/C15H23N2O4P.C15H25N2O4P.C14H22ClN2O3P.C14H22IN2O3P.C14H23N2O5P/c1-10-16-11(18)5-7-17(10)14-12-13(19)15(21-14,9-20-12)6-8-22(2,3)4;1-10-16-11(18)6-8-17(10)14-12(19)13(20)15(2,21-14)7-9-22(3,4)5;2*1-9-16-11(18)5-7-17(9)14-12(15)13(19)10(20-14)6-8-21(2,3)4;1-9-15-11(17)5-7-16(9)13-14(19,20)12(18)10(21-13)6-8-22(2,3)4/h5,7,12-14,19H,1-2,6,8-9H2,3-4H3,(H,16,18);6,8,12-14,19-20H,1,3,7,9H2,2,4-5H3,(H,16,18);2*5,7,10,12-14,19H,1-2,6,8H2,3-4H3,(H,16,18);5,7,10,12-13,18-20H,1-2,6,8H2,3-4H3,(H,15,17)/t12-,13+,14?,15+;12-,13+,14?,15-;2*10-,12-,13-,14?;10-,12-,13?/m11111/s1. The number of hydrogen-bond acceptors (Lipinski definition) is 24. The fourth-order valence-corrected chi connectivity index (χ4v) is 19.1. The number of carbonyl (C=O) groups excluding carboxylic acids is 5. The average Bonchev–Trinajstić information content (AvgIpc) is 1.58. The van der Waals surface area contributed by atoms with Crippen molar-refractivity contribution in [3.63, 3.8) is 0 Å². The van der Waals surface area contributed by atoms with E-state index in [4.69, 9.17) is 40.0 Å². The molecule has 606 valence electrons. The zero-order valence-electron chi connectivity index (χ0n) is 63.7. The maximum absolute atomic E-state index is 11.3. The van der Waals surface area contributed by atoms with Crippen LogP contribution in [0.25, 0.3) is 0 Å². The molecule has 0 aromatic heterocycles. The van der Waals surface area contributed by atoms with Gasteiger partial charge >= 0.3 is 0 Å². The van der Waals surface area contributed by atoms with Gasteiger partial charge in [0.25, 0.3) is 29.5 Å². The molecule has 11 aliphatic rings. The van der Waals surface area contributed by atoms with Crippen LogP contribution in [-0.2, 0) is 52.4 Å². The van der Waals surface area contributed by atoms with Gasteiger partial charge < -0.3 is 120 Å². The minimum absolute atomic E-state index is 0.0877. The van der Waals surface area contributed by atoms with E-state index in [0.29, 0.717) is 42.7 Å². The van der Waals surface area contributed by atoms with Crippen LogP contribution in [-0.4, -0.2) is 349 Å². The molecule has 6 saturated heterocycles. The molecule has 108 heavy (non-hydrogen) atoms. The van der Waals surface area contributed by atoms with Crippen LogP contribution in [0.3, 0.4) is 0 Å². The second-order valence-corrected chi connectivity index (χ2v) is 55.8. The molecule has 0 radical (unpaired) electrons. The fourth-order valence-electron chi connectivity index (χ4n) is 12.9. The largest absolute Gasteiger partial charge is 0.389 e. The Morgan fingerprint density at radius 3 is 1.22 bits per heavy atom. The lowest BCUT2D eigenvalue weighted by Gasteiger charge is -2.38. The zero-order chi connectivity index (χ0) is 81.1. The first-order chi connectivity index (χ1) is 49.6. The predicted octanol–water partition coefficient (Wildman–Crippen LogP) is 2.55. The summed E-state index contributed by atoms with van der Waals surface area (Å²) in [4.78, 5) is 64.3. The lowest BCUT2D eigenvalue weighted by atomic mass is 9.94. The SMILES string of the molecule is C=C1NC(=O)C=CN1C1O[C@@]2(CCP(=C)(C)C)CO[C@@H]1[C@@H]2O.C=C1NC(=O)C=CN1C1O[C@H](CCP(=C)(C)C)[C@@H](O)C1(O)O.C=C1NC(=O)C=CN1C1O[C@H](CCP(=C)(C)C)[C@@H](O)[C@H]1Cl.C=C1NC(=O)C=CN1C1O[C@H](CCP(=C)(C)C)[C@@H](O)[C@H]1I.C=C1NC(=O)C=CN1C1O[C@](C)(CCP(=C)(C)C)[C@@H](O)[C@H]1O. The van der Waals surface area contributed by atoms with Crippen molar-refractivity contribution in [2.24, 2.45) is 0 Å². The van der Waals surface area contributed by atoms with Crippen LogP contribution in [0.1, 0.15) is 39.0 Å². The minimum Gasteiger partial charge on any atom is -0.389 e. The van der Waals surface area contributed by atoms with Crippen molar-refractivity contribution in [3.05, 3.63) is 123 Å². The molecule has 0 saturated carbocycles. The Hall–Kier alpha value is -4.29. The smallest absolute Gasteiger partial charge is 0.250 e. The molecule has 29 nitrogen and oxygen atoms in total. The first kappa shape index (κ1) is 90.9. The Bertz CT molecular complexity index is 3710. The molecule has 0 aliphatic carbocycles. The number of halogens is 2. The van der Waals surface area contributed by atoms with E-state index in [1.807, 2.05) is 0 Å². The monoisotopic (exact) mass is 1740 g/mol. The summed E-state index contributed by atoms with van der Waals surface area (Å²) < 4.78 is 35.4. The summed E-state index contributed by atoms with van der Waals surface area (Å²) in [5.74, 6) is -1.97. The molecule has 11 rings (SSSR count). The molecule has 0 aromatic carbocycles. The Balaban J connectivity index is 0.000000188. The van der Waals surface area contributed by atoms with E-state index in [2.05, 4.69) is 180 Å². The van der Waals surface area contributed by atoms with Crippen molar-refractivity contribution >= 4 is 130 Å². The van der Waals surface area contributed by atoms with Crippen molar-refractivity contribution in [2.45, 2.75) is 157 Å². The summed E-state index contributed by atoms with van der Waals surface area (Å²) >= 11 is 8.50. The van der Waals surface area contributed by atoms with E-state index in [-0.39, 0.29) is 57.7 Å². The molecular weight excluding hydrogens is 1630 g/mol. The topological polar surface area (TPSA) is 379 Å². The quantitative estimate of drug-likeness (QED) is 0.0360. The van der Waals surface area contributed by atoms with Crippen molar-refractivity contribution in [1.82, 2.24) is 51.1 Å². The van der Waals surface area contributed by atoms with Crippen molar-refractivity contribution in [1.29, 1.82) is 0 Å². The highest BCUT2D eigenvalue weighted by Crippen LogP contribution is 2.49. The number of carbonyl (C=O) groups is 5. The van der Waals surface area contributed by atoms with Crippen molar-refractivity contribution in [3.8, 4) is 0 Å². The highest BCUT2D eigenvalue weighted by molar-refractivity contribution is 14.1. The highest BCUT2D eigenvalue weighted by Gasteiger charge is 2.63. The molecule has 19 atom stereocenters. The third-order valence-electron chi connectivity index (χ3n) is 19.3. The number of alkyl halides is 2. The van der Waals surface area contributed by atoms with Crippen LogP contribution < -0.4 is 26.6 Å². The van der Waals surface area contributed by atoms with Gasteiger partial charge in [0.05, 0.1) is 40.5 Å². The van der Waals surface area contributed by atoms with Gasteiger partial charge in [0.15, 0.2) is 24.9 Å². The average molecular weight is 1740 g/mol. The fraction of sp³-hybridized carbons (Fsp3) is 0.583. The van der Waals surface area contributed by atoms with Crippen molar-refractivity contribution < 1.29 is 93.2 Å². The Morgan fingerprint density at radius 2 is 0.815 bits per heavy atom. The second kappa shape index (κ2) is 36.0. The molecule has 2 bridgehead atoms. The van der Waals surface area contributed by atoms with Gasteiger partial charge in [-0.15, -0.1) is 77.5 Å². The normalized spacial score (nSPS) is 34.4. The van der Waals surface area contributed by atoms with Crippen molar-refractivity contribution in [2.75, 3.05) is 104 Å². The van der Waals surface area contributed by atoms with Crippen LogP contribution in [0, 0.1) is 0 Å². The number of fused-ring (bicyclic) bond motifs is 2. The van der Waals surface area contributed by atoms with E-state index in [1.54, 1.807) is 40.2 Å². The van der Waals surface area contributed by atoms with Gasteiger partial charge in [0.2, 0.25) is 5.79 Å². The summed E-state index contributed by atoms with van der Waals surface area (Å²) in [7, 11) is 0.